The number of fused-ring (bicyclic) bond motifs is 5. The molecule has 2 amide bonds. The molecule has 164 valence electrons. The first kappa shape index (κ1) is 20.2. The van der Waals surface area contributed by atoms with E-state index in [9.17, 15) is 19.2 Å². The Labute approximate surface area is 207 Å². The first-order valence-corrected chi connectivity index (χ1v) is 11.4. The summed E-state index contributed by atoms with van der Waals surface area (Å²) < 4.78 is 0. The standard InChI is InChI=1S/C24H6Cl4N2O4/c25-7-4-5-2-1-3-6-8(5)12(18(7)26)13-10-9(6)14-16(23(33)29-21(14)31)15-11(10)17(20(28)19(13)27)24(34)30-22(15)32/h1-4H,(H,29,31,33)(H,30,32,34). The number of rotatable bonds is 0. The fraction of sp³-hybridized carbons (Fsp3) is 0. The van der Waals surface area contributed by atoms with Gasteiger partial charge in [-0.25, -0.2) is 0 Å². The molecule has 0 saturated carbocycles. The van der Waals surface area contributed by atoms with Gasteiger partial charge in [0, 0.05) is 26.9 Å². The highest BCUT2D eigenvalue weighted by Crippen LogP contribution is 2.52. The SMILES string of the molecule is O=C1NC(=O)c2c3c1c(Cl)c(Cl)c1c4c(Cl)c(Cl)cc5cccc(c54)c(c4c(=O)[nH]c(=O)c24)c31. The highest BCUT2D eigenvalue weighted by Gasteiger charge is 2.36. The number of halogens is 4. The minimum atomic E-state index is -0.810. The molecule has 2 N–H and O–H groups in total. The van der Waals surface area contributed by atoms with Crippen molar-refractivity contribution in [1.29, 1.82) is 0 Å². The molecule has 1 aliphatic rings. The lowest BCUT2D eigenvalue weighted by Crippen LogP contribution is -2.35. The van der Waals surface area contributed by atoms with Gasteiger partial charge in [-0.05, 0) is 22.2 Å². The third-order valence-corrected chi connectivity index (χ3v) is 8.21. The van der Waals surface area contributed by atoms with Crippen molar-refractivity contribution in [2.24, 2.45) is 0 Å². The predicted octanol–water partition coefficient (Wildman–Crippen LogP) is 5.87. The summed E-state index contributed by atoms with van der Waals surface area (Å²) in [5.74, 6) is -1.57. The minimum Gasteiger partial charge on any atom is -0.288 e. The van der Waals surface area contributed by atoms with Gasteiger partial charge in [0.2, 0.25) is 0 Å². The Bertz CT molecular complexity index is 2120. The number of aromatic nitrogens is 1. The topological polar surface area (TPSA) is 96.1 Å². The van der Waals surface area contributed by atoms with E-state index in [1.165, 1.54) is 0 Å². The highest BCUT2D eigenvalue weighted by molar-refractivity contribution is 6.57. The number of carbonyl (C=O) groups excluding carboxylic acids is 2. The molecule has 1 aliphatic heterocycles. The lowest BCUT2D eigenvalue weighted by Gasteiger charge is -2.24. The number of benzene rings is 5. The van der Waals surface area contributed by atoms with Crippen molar-refractivity contribution in [2.75, 3.05) is 0 Å². The Kier molecular flexibility index (Phi) is 3.74. The molecule has 1 aromatic heterocycles. The molecule has 34 heavy (non-hydrogen) atoms. The van der Waals surface area contributed by atoms with Crippen molar-refractivity contribution in [2.45, 2.75) is 0 Å². The van der Waals surface area contributed by atoms with Gasteiger partial charge in [-0.3, -0.25) is 29.5 Å². The molecule has 2 heterocycles. The molecule has 0 spiro atoms. The summed E-state index contributed by atoms with van der Waals surface area (Å²) in [6.07, 6.45) is 0. The van der Waals surface area contributed by atoms with Crippen LogP contribution in [0.25, 0.3) is 53.9 Å². The van der Waals surface area contributed by atoms with E-state index in [0.29, 0.717) is 32.3 Å². The van der Waals surface area contributed by atoms with Gasteiger partial charge in [-0.2, -0.15) is 0 Å². The second-order valence-corrected chi connectivity index (χ2v) is 9.69. The Morgan fingerprint density at radius 1 is 0.588 bits per heavy atom. The van der Waals surface area contributed by atoms with Crippen molar-refractivity contribution in [3.63, 3.8) is 0 Å². The lowest BCUT2D eigenvalue weighted by atomic mass is 9.82. The van der Waals surface area contributed by atoms with E-state index in [2.05, 4.69) is 10.3 Å². The van der Waals surface area contributed by atoms with Crippen LogP contribution in [-0.4, -0.2) is 16.8 Å². The first-order chi connectivity index (χ1) is 16.2. The van der Waals surface area contributed by atoms with Gasteiger partial charge in [0.1, 0.15) is 0 Å². The Balaban J connectivity index is 2.07. The van der Waals surface area contributed by atoms with Gasteiger partial charge in [0.25, 0.3) is 22.9 Å². The molecule has 0 saturated heterocycles. The van der Waals surface area contributed by atoms with Gasteiger partial charge >= 0.3 is 0 Å². The zero-order valence-corrected chi connectivity index (χ0v) is 19.5. The Hall–Kier alpha value is -3.16. The van der Waals surface area contributed by atoms with Crippen LogP contribution >= 0.6 is 46.4 Å². The van der Waals surface area contributed by atoms with Crippen molar-refractivity contribution >= 4 is 112 Å². The van der Waals surface area contributed by atoms with Crippen LogP contribution in [0.15, 0.2) is 33.9 Å². The zero-order chi connectivity index (χ0) is 23.8. The second-order valence-electron chi connectivity index (χ2n) is 8.15. The molecule has 0 fully saturated rings. The third kappa shape index (κ3) is 2.11. The molecule has 0 atom stereocenters. The molecule has 0 aliphatic carbocycles. The number of hydrogen-bond donors (Lipinski definition) is 2. The number of H-pyrrole nitrogens is 1. The van der Waals surface area contributed by atoms with Crippen LogP contribution in [0.4, 0.5) is 0 Å². The van der Waals surface area contributed by atoms with Crippen LogP contribution in [0.3, 0.4) is 0 Å². The summed E-state index contributed by atoms with van der Waals surface area (Å²) in [5.41, 5.74) is -1.55. The van der Waals surface area contributed by atoms with E-state index >= 15 is 0 Å². The van der Waals surface area contributed by atoms with Gasteiger partial charge in [0.15, 0.2) is 0 Å². The average molecular weight is 528 g/mol. The Morgan fingerprint density at radius 3 is 2.03 bits per heavy atom. The molecule has 7 rings (SSSR count). The molecule has 5 aromatic carbocycles. The number of carbonyl (C=O) groups is 2. The Morgan fingerprint density at radius 2 is 1.26 bits per heavy atom. The van der Waals surface area contributed by atoms with Crippen molar-refractivity contribution in [1.82, 2.24) is 10.3 Å². The van der Waals surface area contributed by atoms with E-state index in [1.54, 1.807) is 18.2 Å². The molecular formula is C24H6Cl4N2O4. The summed E-state index contributed by atoms with van der Waals surface area (Å²) in [5, 5.41) is 6.18. The molecule has 6 nitrogen and oxygen atoms in total. The van der Waals surface area contributed by atoms with Crippen LogP contribution in [0.1, 0.15) is 20.7 Å². The van der Waals surface area contributed by atoms with Crippen molar-refractivity contribution in [3.8, 4) is 0 Å². The maximum atomic E-state index is 13.0. The number of imide groups is 1. The quantitative estimate of drug-likeness (QED) is 0.146. The van der Waals surface area contributed by atoms with E-state index in [-0.39, 0.29) is 47.4 Å². The molecule has 0 radical (unpaired) electrons. The lowest BCUT2D eigenvalue weighted by molar-refractivity contribution is 0.0846. The largest absolute Gasteiger partial charge is 0.288 e. The highest BCUT2D eigenvalue weighted by atomic mass is 35.5. The fourth-order valence-electron chi connectivity index (χ4n) is 5.39. The van der Waals surface area contributed by atoms with Crippen molar-refractivity contribution < 1.29 is 9.59 Å². The van der Waals surface area contributed by atoms with Crippen molar-refractivity contribution in [3.05, 3.63) is 76.2 Å². The number of aromatic amines is 1. The van der Waals surface area contributed by atoms with Crippen LogP contribution in [0.5, 0.6) is 0 Å². The summed E-state index contributed by atoms with van der Waals surface area (Å²) in [6.45, 7) is 0. The normalized spacial score (nSPS) is 13.9. The first-order valence-electron chi connectivity index (χ1n) is 9.89. The van der Waals surface area contributed by atoms with E-state index < -0.39 is 22.9 Å². The summed E-state index contributed by atoms with van der Waals surface area (Å²) in [7, 11) is 0. The molecular weight excluding hydrogens is 522 g/mol. The number of hydrogen-bond acceptors (Lipinski definition) is 4. The smallest absolute Gasteiger partial charge is 0.260 e. The van der Waals surface area contributed by atoms with Crippen LogP contribution in [0.2, 0.25) is 20.1 Å². The van der Waals surface area contributed by atoms with Gasteiger partial charge in [0.05, 0.1) is 42.0 Å². The van der Waals surface area contributed by atoms with E-state index in [4.69, 9.17) is 46.4 Å². The fourth-order valence-corrected chi connectivity index (χ4v) is 6.40. The number of nitrogens with one attached hydrogen (secondary N) is 2. The maximum Gasteiger partial charge on any atom is 0.260 e. The monoisotopic (exact) mass is 526 g/mol. The summed E-state index contributed by atoms with van der Waals surface area (Å²) in [6, 6.07) is 7.08. The van der Waals surface area contributed by atoms with Crippen LogP contribution in [0, 0.1) is 0 Å². The second kappa shape index (κ2) is 6.29. The molecule has 0 bridgehead atoms. The van der Waals surface area contributed by atoms with E-state index in [1.807, 2.05) is 6.07 Å². The predicted molar refractivity (Wildman–Crippen MR) is 135 cm³/mol. The minimum absolute atomic E-state index is 0.0190. The van der Waals surface area contributed by atoms with Gasteiger partial charge in [-0.1, -0.05) is 64.6 Å². The maximum absolute atomic E-state index is 13.0. The zero-order valence-electron chi connectivity index (χ0n) is 16.5. The van der Waals surface area contributed by atoms with Gasteiger partial charge < -0.3 is 0 Å². The average Bonchev–Trinajstić information content (AvgIpc) is 3.08. The van der Waals surface area contributed by atoms with E-state index in [0.717, 1.165) is 5.39 Å². The van der Waals surface area contributed by atoms with Gasteiger partial charge in [-0.15, -0.1) is 0 Å². The molecule has 6 aromatic rings. The molecule has 0 unspecified atom stereocenters. The van der Waals surface area contributed by atoms with Crippen LogP contribution in [-0.2, 0) is 0 Å². The van der Waals surface area contributed by atoms with Crippen LogP contribution < -0.4 is 16.4 Å². The third-order valence-electron chi connectivity index (χ3n) is 6.57. The summed E-state index contributed by atoms with van der Waals surface area (Å²) in [4.78, 5) is 54.1. The molecule has 10 heteroatoms. The summed E-state index contributed by atoms with van der Waals surface area (Å²) >= 11 is 26.5. The number of amides is 2.